The molecule has 2 aromatic carbocycles. The molecule has 136 valence electrons. The summed E-state index contributed by atoms with van der Waals surface area (Å²) in [7, 11) is 4.75. The van der Waals surface area contributed by atoms with Crippen LogP contribution >= 0.6 is 22.6 Å². The van der Waals surface area contributed by atoms with E-state index in [2.05, 4.69) is 28.7 Å². The number of allylic oxidation sites excluding steroid dienone is 1. The molecule has 0 aliphatic carbocycles. The lowest BCUT2D eigenvalue weighted by Gasteiger charge is -2.12. The fraction of sp³-hybridized carbons (Fsp3) is 0.250. The fourth-order valence-electron chi connectivity index (χ4n) is 2.48. The molecule has 0 saturated heterocycles. The second-order valence-corrected chi connectivity index (χ2v) is 6.37. The van der Waals surface area contributed by atoms with E-state index in [-0.39, 0.29) is 0 Å². The maximum absolute atomic E-state index is 9.63. The smallest absolute Gasteiger partial charge is 0.174 e. The highest BCUT2D eigenvalue weighted by Gasteiger charge is 2.12. The molecule has 0 amide bonds. The zero-order chi connectivity index (χ0) is 19.1. The SMILES string of the molecule is CCOc1cc(/C=C(\C#N)c2ccc(OC)c(OC)c2)cc(I)c1OC. The molecule has 0 saturated carbocycles. The van der Waals surface area contributed by atoms with Gasteiger partial charge in [-0.25, -0.2) is 0 Å². The number of ether oxygens (including phenoxy) is 4. The number of hydrogen-bond donors (Lipinski definition) is 0. The van der Waals surface area contributed by atoms with Crippen LogP contribution in [-0.4, -0.2) is 27.9 Å². The number of hydrogen-bond acceptors (Lipinski definition) is 5. The first-order valence-electron chi connectivity index (χ1n) is 7.92. The topological polar surface area (TPSA) is 60.7 Å². The Hall–Kier alpha value is -2.40. The highest BCUT2D eigenvalue weighted by atomic mass is 127. The Bertz CT molecular complexity index is 856. The molecule has 0 unspecified atom stereocenters. The highest BCUT2D eigenvalue weighted by Crippen LogP contribution is 2.36. The van der Waals surface area contributed by atoms with E-state index in [1.165, 1.54) is 0 Å². The second kappa shape index (κ2) is 9.34. The van der Waals surface area contributed by atoms with E-state index in [9.17, 15) is 5.26 Å². The molecule has 2 rings (SSSR count). The summed E-state index contributed by atoms with van der Waals surface area (Å²) in [5.74, 6) is 2.53. The summed E-state index contributed by atoms with van der Waals surface area (Å²) in [6.45, 7) is 2.44. The van der Waals surface area contributed by atoms with Gasteiger partial charge in [0.15, 0.2) is 23.0 Å². The molecule has 0 radical (unpaired) electrons. The molecular weight excluding hydrogens is 445 g/mol. The fourth-order valence-corrected chi connectivity index (χ4v) is 3.33. The molecule has 0 aliphatic rings. The van der Waals surface area contributed by atoms with Crippen LogP contribution < -0.4 is 18.9 Å². The van der Waals surface area contributed by atoms with Crippen LogP contribution in [0.25, 0.3) is 11.6 Å². The number of methoxy groups -OCH3 is 3. The van der Waals surface area contributed by atoms with Gasteiger partial charge >= 0.3 is 0 Å². The Morgan fingerprint density at radius 3 is 2.35 bits per heavy atom. The summed E-state index contributed by atoms with van der Waals surface area (Å²) in [6.07, 6.45) is 1.81. The van der Waals surface area contributed by atoms with Gasteiger partial charge in [-0.3, -0.25) is 0 Å². The van der Waals surface area contributed by atoms with Crippen molar-refractivity contribution in [2.75, 3.05) is 27.9 Å². The van der Waals surface area contributed by atoms with Crippen LogP contribution in [-0.2, 0) is 0 Å². The van der Waals surface area contributed by atoms with E-state index in [0.29, 0.717) is 35.2 Å². The predicted octanol–water partition coefficient (Wildman–Crippen LogP) is 4.78. The Morgan fingerprint density at radius 1 is 1.04 bits per heavy atom. The van der Waals surface area contributed by atoms with Gasteiger partial charge in [0.25, 0.3) is 0 Å². The number of nitriles is 1. The van der Waals surface area contributed by atoms with Crippen LogP contribution in [0.5, 0.6) is 23.0 Å². The Kier molecular flexibility index (Phi) is 7.16. The minimum Gasteiger partial charge on any atom is -0.493 e. The van der Waals surface area contributed by atoms with E-state index in [1.54, 1.807) is 33.5 Å². The van der Waals surface area contributed by atoms with E-state index in [4.69, 9.17) is 18.9 Å². The first-order valence-corrected chi connectivity index (χ1v) is 9.00. The van der Waals surface area contributed by atoms with Crippen LogP contribution in [0.3, 0.4) is 0 Å². The van der Waals surface area contributed by atoms with Crippen molar-refractivity contribution in [1.29, 1.82) is 5.26 Å². The summed E-state index contributed by atoms with van der Waals surface area (Å²) in [6, 6.07) is 11.4. The van der Waals surface area contributed by atoms with Crippen molar-refractivity contribution in [2.24, 2.45) is 0 Å². The summed E-state index contributed by atoms with van der Waals surface area (Å²) in [5.41, 5.74) is 2.10. The van der Waals surface area contributed by atoms with Gasteiger partial charge in [-0.2, -0.15) is 5.26 Å². The first kappa shape index (κ1) is 19.9. The van der Waals surface area contributed by atoms with Crippen molar-refractivity contribution in [3.05, 3.63) is 45.0 Å². The van der Waals surface area contributed by atoms with Gasteiger partial charge in [0.2, 0.25) is 0 Å². The third-order valence-electron chi connectivity index (χ3n) is 3.66. The van der Waals surface area contributed by atoms with Gasteiger partial charge in [-0.1, -0.05) is 0 Å². The number of halogens is 1. The quantitative estimate of drug-likeness (QED) is 0.335. The molecular formula is C20H20INO4. The standard InChI is InChI=1S/C20H20INO4/c1-5-26-19-10-13(9-16(21)20(19)25-4)8-15(12-22)14-6-7-17(23-2)18(11-14)24-3/h6-11H,5H2,1-4H3/b15-8+. The normalized spacial score (nSPS) is 10.8. The van der Waals surface area contributed by atoms with Crippen molar-refractivity contribution >= 4 is 34.2 Å². The van der Waals surface area contributed by atoms with Gasteiger partial charge in [0, 0.05) is 0 Å². The number of rotatable bonds is 7. The van der Waals surface area contributed by atoms with E-state index in [0.717, 1.165) is 14.7 Å². The molecule has 26 heavy (non-hydrogen) atoms. The third kappa shape index (κ3) is 4.41. The van der Waals surface area contributed by atoms with E-state index >= 15 is 0 Å². The molecule has 0 bridgehead atoms. The molecule has 0 atom stereocenters. The predicted molar refractivity (Wildman–Crippen MR) is 110 cm³/mol. The van der Waals surface area contributed by atoms with Gasteiger partial charge in [0.05, 0.1) is 43.1 Å². The van der Waals surface area contributed by atoms with Crippen LogP contribution in [0.4, 0.5) is 0 Å². The zero-order valence-corrected chi connectivity index (χ0v) is 17.3. The van der Waals surface area contributed by atoms with Crippen LogP contribution in [0.15, 0.2) is 30.3 Å². The molecule has 0 N–H and O–H groups in total. The third-order valence-corrected chi connectivity index (χ3v) is 4.46. The Morgan fingerprint density at radius 2 is 1.77 bits per heavy atom. The lowest BCUT2D eigenvalue weighted by Crippen LogP contribution is -1.98. The number of nitrogens with zero attached hydrogens (tertiary/aromatic N) is 1. The minimum atomic E-state index is 0.509. The molecule has 0 spiro atoms. The molecule has 0 aromatic heterocycles. The molecule has 5 nitrogen and oxygen atoms in total. The first-order chi connectivity index (χ1) is 12.6. The maximum atomic E-state index is 9.63. The monoisotopic (exact) mass is 465 g/mol. The average Bonchev–Trinajstić information content (AvgIpc) is 2.65. The number of benzene rings is 2. The summed E-state index contributed by atoms with van der Waals surface area (Å²) < 4.78 is 22.5. The van der Waals surface area contributed by atoms with Crippen molar-refractivity contribution in [3.63, 3.8) is 0 Å². The van der Waals surface area contributed by atoms with E-state index < -0.39 is 0 Å². The molecule has 0 heterocycles. The summed E-state index contributed by atoms with van der Waals surface area (Å²) >= 11 is 2.19. The van der Waals surface area contributed by atoms with Gasteiger partial charge in [-0.05, 0) is 77.0 Å². The maximum Gasteiger partial charge on any atom is 0.174 e. The summed E-state index contributed by atoms with van der Waals surface area (Å²) in [4.78, 5) is 0. The molecule has 0 aliphatic heterocycles. The Balaban J connectivity index is 2.51. The Labute approximate surface area is 167 Å². The van der Waals surface area contributed by atoms with E-state index in [1.807, 2.05) is 31.2 Å². The van der Waals surface area contributed by atoms with Crippen molar-refractivity contribution < 1.29 is 18.9 Å². The van der Waals surface area contributed by atoms with Crippen molar-refractivity contribution in [1.82, 2.24) is 0 Å². The van der Waals surface area contributed by atoms with Crippen LogP contribution in [0.2, 0.25) is 0 Å². The van der Waals surface area contributed by atoms with Crippen LogP contribution in [0.1, 0.15) is 18.1 Å². The summed E-state index contributed by atoms with van der Waals surface area (Å²) in [5, 5.41) is 9.63. The van der Waals surface area contributed by atoms with Crippen molar-refractivity contribution in [2.45, 2.75) is 6.92 Å². The molecule has 2 aromatic rings. The molecule has 0 fully saturated rings. The lowest BCUT2D eigenvalue weighted by atomic mass is 10.0. The second-order valence-electron chi connectivity index (χ2n) is 5.21. The highest BCUT2D eigenvalue weighted by molar-refractivity contribution is 14.1. The van der Waals surface area contributed by atoms with Gasteiger partial charge < -0.3 is 18.9 Å². The van der Waals surface area contributed by atoms with Gasteiger partial charge in [-0.15, -0.1) is 0 Å². The zero-order valence-electron chi connectivity index (χ0n) is 15.1. The largest absolute Gasteiger partial charge is 0.493 e. The lowest BCUT2D eigenvalue weighted by molar-refractivity contribution is 0.309. The van der Waals surface area contributed by atoms with Gasteiger partial charge in [0.1, 0.15) is 0 Å². The van der Waals surface area contributed by atoms with Crippen molar-refractivity contribution in [3.8, 4) is 29.1 Å². The molecule has 6 heteroatoms. The van der Waals surface area contributed by atoms with Crippen LogP contribution in [0, 0.1) is 14.9 Å². The average molecular weight is 465 g/mol. The minimum absolute atomic E-state index is 0.509.